The molecule has 9 aromatic carbocycles. The molecule has 0 radical (unpaired) electrons. The number of hydrogen-bond acceptors (Lipinski definition) is 2. The number of anilines is 3. The molecular weight excluding hydrogens is 711 g/mol. The Morgan fingerprint density at radius 1 is 0.491 bits per heavy atom. The van der Waals surface area contributed by atoms with Crippen LogP contribution in [0.15, 0.2) is 212 Å². The largest absolute Gasteiger partial charge is 0.455 e. The SMILES string of the molecule is c1ccc(S2(c3ccccc3)c3ccccc3N3c4cc5c(oc6ccccc65)c5c4B(c4cccc2c43)n2c3cc4ccccc4cc3c3cccc-5c32)cc1. The lowest BCUT2D eigenvalue weighted by Gasteiger charge is -2.53. The van der Waals surface area contributed by atoms with Crippen molar-refractivity contribution >= 4 is 99.4 Å². The van der Waals surface area contributed by atoms with Crippen molar-refractivity contribution in [3.05, 3.63) is 188 Å². The van der Waals surface area contributed by atoms with Gasteiger partial charge in [0.05, 0.1) is 11.4 Å². The van der Waals surface area contributed by atoms with Crippen molar-refractivity contribution in [1.82, 2.24) is 4.48 Å². The summed E-state index contributed by atoms with van der Waals surface area (Å²) in [7, 11) is -1.94. The Hall–Kier alpha value is -6.95. The minimum absolute atomic E-state index is 0.0937. The van der Waals surface area contributed by atoms with Gasteiger partial charge in [0, 0.05) is 69.0 Å². The highest BCUT2D eigenvalue weighted by Gasteiger charge is 2.50. The zero-order valence-electron chi connectivity index (χ0n) is 30.7. The molecule has 0 bridgehead atoms. The summed E-state index contributed by atoms with van der Waals surface area (Å²) in [6.07, 6.45) is 0. The van der Waals surface area contributed by atoms with Crippen molar-refractivity contribution in [2.45, 2.75) is 19.6 Å². The monoisotopic (exact) mass is 742 g/mol. The van der Waals surface area contributed by atoms with Crippen molar-refractivity contribution in [3.63, 3.8) is 0 Å². The van der Waals surface area contributed by atoms with Crippen molar-refractivity contribution in [2.24, 2.45) is 0 Å². The summed E-state index contributed by atoms with van der Waals surface area (Å²) in [5, 5.41) is 7.37. The van der Waals surface area contributed by atoms with Crippen LogP contribution in [0.3, 0.4) is 0 Å². The number of hydrogen-bond donors (Lipinski definition) is 0. The minimum Gasteiger partial charge on any atom is -0.455 e. The minimum atomic E-state index is -1.94. The lowest BCUT2D eigenvalue weighted by Crippen LogP contribution is -2.57. The molecule has 11 aromatic rings. The molecule has 0 N–H and O–H groups in total. The van der Waals surface area contributed by atoms with Gasteiger partial charge in [-0.15, -0.1) is 10.0 Å². The van der Waals surface area contributed by atoms with Gasteiger partial charge < -0.3 is 13.8 Å². The van der Waals surface area contributed by atoms with Crippen LogP contribution in [0.1, 0.15) is 0 Å². The first-order valence-electron chi connectivity index (χ1n) is 19.7. The fraction of sp³-hybridized carbons (Fsp3) is 0. The molecule has 57 heavy (non-hydrogen) atoms. The molecular formula is C52H31BN2OS. The highest BCUT2D eigenvalue weighted by Crippen LogP contribution is 2.79. The third kappa shape index (κ3) is 3.59. The molecule has 0 saturated carbocycles. The Morgan fingerprint density at radius 2 is 1.16 bits per heavy atom. The van der Waals surface area contributed by atoms with Gasteiger partial charge >= 0.3 is 6.85 Å². The van der Waals surface area contributed by atoms with E-state index in [9.17, 15) is 0 Å². The van der Waals surface area contributed by atoms with Crippen LogP contribution in [-0.2, 0) is 0 Å². The van der Waals surface area contributed by atoms with Gasteiger partial charge in [-0.1, -0.05) is 121 Å². The predicted molar refractivity (Wildman–Crippen MR) is 238 cm³/mol. The molecule has 14 rings (SSSR count). The number of aromatic nitrogens is 1. The van der Waals surface area contributed by atoms with Crippen LogP contribution < -0.4 is 15.8 Å². The van der Waals surface area contributed by atoms with E-state index in [-0.39, 0.29) is 6.85 Å². The van der Waals surface area contributed by atoms with Gasteiger partial charge in [-0.05, 0) is 88.4 Å². The second-order valence-electron chi connectivity index (χ2n) is 15.6. The summed E-state index contributed by atoms with van der Waals surface area (Å²) in [5.74, 6) is 0. The van der Waals surface area contributed by atoms with E-state index in [1.54, 1.807) is 0 Å². The quantitative estimate of drug-likeness (QED) is 0.165. The summed E-state index contributed by atoms with van der Waals surface area (Å²) in [5.41, 5.74) is 13.2. The number of benzene rings is 9. The van der Waals surface area contributed by atoms with Crippen molar-refractivity contribution in [2.75, 3.05) is 4.90 Å². The Balaban J connectivity index is 1.22. The Morgan fingerprint density at radius 3 is 1.98 bits per heavy atom. The van der Waals surface area contributed by atoms with E-state index in [0.29, 0.717) is 0 Å². The molecule has 264 valence electrons. The summed E-state index contributed by atoms with van der Waals surface area (Å²) in [4.78, 5) is 8.03. The van der Waals surface area contributed by atoms with E-state index in [2.05, 4.69) is 197 Å². The van der Waals surface area contributed by atoms with Gasteiger partial charge in [-0.2, -0.15) is 0 Å². The average molecular weight is 743 g/mol. The highest BCUT2D eigenvalue weighted by molar-refractivity contribution is 8.34. The van der Waals surface area contributed by atoms with E-state index in [1.165, 1.54) is 91.3 Å². The van der Waals surface area contributed by atoms with Gasteiger partial charge in [-0.3, -0.25) is 0 Å². The Labute approximate surface area is 330 Å². The fourth-order valence-corrected chi connectivity index (χ4v) is 15.0. The van der Waals surface area contributed by atoms with Gasteiger partial charge in [-0.25, -0.2) is 0 Å². The summed E-state index contributed by atoms with van der Waals surface area (Å²) in [6, 6.07) is 70.5. The van der Waals surface area contributed by atoms with Gasteiger partial charge in [0.15, 0.2) is 0 Å². The first-order chi connectivity index (χ1) is 28.3. The van der Waals surface area contributed by atoms with Gasteiger partial charge in [0.25, 0.3) is 0 Å². The van der Waals surface area contributed by atoms with Crippen LogP contribution in [0.25, 0.3) is 65.6 Å². The van der Waals surface area contributed by atoms with Crippen LogP contribution in [0.4, 0.5) is 17.1 Å². The number of rotatable bonds is 2. The number of furan rings is 1. The highest BCUT2D eigenvalue weighted by atomic mass is 32.3. The molecule has 0 aliphatic carbocycles. The topological polar surface area (TPSA) is 21.3 Å². The van der Waals surface area contributed by atoms with Crippen LogP contribution in [-0.4, -0.2) is 11.3 Å². The summed E-state index contributed by atoms with van der Waals surface area (Å²) >= 11 is 0. The molecule has 5 heteroatoms. The summed E-state index contributed by atoms with van der Waals surface area (Å²) in [6.45, 7) is -0.0937. The first kappa shape index (κ1) is 30.3. The third-order valence-corrected chi connectivity index (χ3v) is 16.9. The maximum Gasteiger partial charge on any atom is 0.333 e. The molecule has 5 heterocycles. The molecule has 3 nitrogen and oxygen atoms in total. The van der Waals surface area contributed by atoms with E-state index >= 15 is 0 Å². The van der Waals surface area contributed by atoms with Crippen LogP contribution >= 0.6 is 10.0 Å². The van der Waals surface area contributed by atoms with Gasteiger partial charge in [0.2, 0.25) is 0 Å². The lowest BCUT2D eigenvalue weighted by atomic mass is 9.45. The number of para-hydroxylation sites is 4. The molecule has 3 aliphatic rings. The van der Waals surface area contributed by atoms with Crippen LogP contribution in [0, 0.1) is 0 Å². The maximum absolute atomic E-state index is 7.00. The van der Waals surface area contributed by atoms with Gasteiger partial charge in [0.1, 0.15) is 11.2 Å². The standard InChI is InChI=1S/C52H31BN2OS/c1-3-17-34(18-4-1)57(35-19-5-2-6-20-35)46-27-12-10-25-42(46)54-44-31-40-36-21-9-11-26-45(36)56-52(40)48-38-23-13-22-37-39-29-32-15-7-8-16-33(32)30-43(39)55(50(37)38)53(49(44)48)41-24-14-28-47(57)51(41)54/h1-31H. The van der Waals surface area contributed by atoms with E-state index in [1.807, 2.05) is 0 Å². The second-order valence-corrected chi connectivity index (χ2v) is 18.6. The van der Waals surface area contributed by atoms with Crippen molar-refractivity contribution in [3.8, 4) is 11.1 Å². The molecule has 0 spiro atoms. The van der Waals surface area contributed by atoms with Crippen molar-refractivity contribution in [1.29, 1.82) is 0 Å². The number of fused-ring (bicyclic) bond motifs is 14. The second kappa shape index (κ2) is 10.7. The molecule has 2 aromatic heterocycles. The maximum atomic E-state index is 7.00. The Bertz CT molecular complexity index is 3510. The number of nitrogens with zero attached hydrogens (tertiary/aromatic N) is 2. The average Bonchev–Trinajstić information content (AvgIpc) is 3.81. The zero-order valence-corrected chi connectivity index (χ0v) is 31.5. The van der Waals surface area contributed by atoms with E-state index < -0.39 is 10.0 Å². The lowest BCUT2D eigenvalue weighted by molar-refractivity contribution is 0.670. The molecule has 0 saturated heterocycles. The van der Waals surface area contributed by atoms with Crippen LogP contribution in [0.2, 0.25) is 0 Å². The fourth-order valence-electron chi connectivity index (χ4n) is 10.8. The normalized spacial score (nSPS) is 14.9. The van der Waals surface area contributed by atoms with Crippen molar-refractivity contribution < 1.29 is 4.42 Å². The first-order valence-corrected chi connectivity index (χ1v) is 21.3. The van der Waals surface area contributed by atoms with E-state index in [0.717, 1.165) is 21.9 Å². The molecule has 3 aliphatic heterocycles. The Kier molecular flexibility index (Phi) is 5.67. The zero-order chi connectivity index (χ0) is 37.0. The molecule has 0 unspecified atom stereocenters. The van der Waals surface area contributed by atoms with E-state index in [4.69, 9.17) is 4.42 Å². The molecule has 0 fully saturated rings. The smallest absolute Gasteiger partial charge is 0.333 e. The molecule has 0 amide bonds. The van der Waals surface area contributed by atoms with Crippen LogP contribution in [0.5, 0.6) is 0 Å². The third-order valence-electron chi connectivity index (χ3n) is 12.9. The summed E-state index contributed by atoms with van der Waals surface area (Å²) < 4.78 is 9.68. The predicted octanol–water partition coefficient (Wildman–Crippen LogP) is 12.9. The molecule has 0 atom stereocenters.